The molecule has 0 bridgehead atoms. The lowest BCUT2D eigenvalue weighted by atomic mass is 10.1. The van der Waals surface area contributed by atoms with Gasteiger partial charge in [0, 0.05) is 11.6 Å². The summed E-state index contributed by atoms with van der Waals surface area (Å²) in [5.41, 5.74) is 4.70. The highest BCUT2D eigenvalue weighted by atomic mass is 19.1. The summed E-state index contributed by atoms with van der Waals surface area (Å²) in [7, 11) is 0. The summed E-state index contributed by atoms with van der Waals surface area (Å²) >= 11 is 0. The van der Waals surface area contributed by atoms with E-state index in [0.29, 0.717) is 29.1 Å². The second-order valence-electron chi connectivity index (χ2n) is 8.50. The van der Waals surface area contributed by atoms with Crippen molar-refractivity contribution in [3.05, 3.63) is 116 Å². The Morgan fingerprint density at radius 3 is 2.53 bits per heavy atom. The number of nitro groups is 1. The van der Waals surface area contributed by atoms with Gasteiger partial charge < -0.3 is 10.1 Å². The number of hydrogen-bond donors (Lipinski definition) is 1. The highest BCUT2D eigenvalue weighted by molar-refractivity contribution is 6.05. The van der Waals surface area contributed by atoms with Crippen molar-refractivity contribution < 1.29 is 18.8 Å². The fourth-order valence-electron chi connectivity index (χ4n) is 3.84. The zero-order valence-electron chi connectivity index (χ0n) is 20.1. The molecule has 8 nitrogen and oxygen atoms in total. The molecule has 0 unspecified atom stereocenters. The number of aryl methyl sites for hydroxylation is 2. The molecule has 0 radical (unpaired) electrons. The number of hydrogen-bond acceptors (Lipinski definition) is 5. The number of nitrogens with one attached hydrogen (secondary N) is 1. The fourth-order valence-corrected chi connectivity index (χ4v) is 3.84. The van der Waals surface area contributed by atoms with Crippen LogP contribution in [0, 0.1) is 36.7 Å². The van der Waals surface area contributed by atoms with Crippen LogP contribution in [0.2, 0.25) is 0 Å². The number of carbonyl (C=O) groups excluding carboxylic acids is 1. The number of benzene rings is 3. The van der Waals surface area contributed by atoms with E-state index in [0.717, 1.165) is 16.8 Å². The van der Waals surface area contributed by atoms with E-state index in [1.807, 2.05) is 13.8 Å². The van der Waals surface area contributed by atoms with E-state index in [-0.39, 0.29) is 29.8 Å². The molecule has 0 saturated heterocycles. The minimum Gasteiger partial charge on any atom is -0.482 e. The molecule has 0 spiro atoms. The maximum absolute atomic E-state index is 13.2. The van der Waals surface area contributed by atoms with Crippen LogP contribution in [0.3, 0.4) is 0 Å². The molecule has 3 aromatic carbocycles. The smallest absolute Gasteiger partial charge is 0.311 e. The van der Waals surface area contributed by atoms with E-state index in [9.17, 15) is 19.3 Å². The second kappa shape index (κ2) is 10.4. The second-order valence-corrected chi connectivity index (χ2v) is 8.50. The number of aromatic nitrogens is 2. The maximum Gasteiger partial charge on any atom is 0.311 e. The van der Waals surface area contributed by atoms with Crippen molar-refractivity contribution in [3.63, 3.8) is 0 Å². The van der Waals surface area contributed by atoms with Crippen LogP contribution in [0.1, 0.15) is 38.4 Å². The number of amides is 1. The quantitative estimate of drug-likeness (QED) is 0.252. The van der Waals surface area contributed by atoms with E-state index in [1.165, 1.54) is 18.2 Å². The molecule has 9 heteroatoms. The Balaban J connectivity index is 1.46. The minimum atomic E-state index is -0.479. The first-order valence-corrected chi connectivity index (χ1v) is 11.3. The molecular weight excluding hydrogens is 463 g/mol. The maximum atomic E-state index is 13.2. The van der Waals surface area contributed by atoms with Crippen LogP contribution < -0.4 is 10.1 Å². The van der Waals surface area contributed by atoms with E-state index >= 15 is 0 Å². The van der Waals surface area contributed by atoms with E-state index in [2.05, 4.69) is 10.4 Å². The van der Waals surface area contributed by atoms with Gasteiger partial charge in [0.05, 0.1) is 28.5 Å². The van der Waals surface area contributed by atoms with Gasteiger partial charge in [-0.2, -0.15) is 5.10 Å². The summed E-state index contributed by atoms with van der Waals surface area (Å²) in [5, 5.41) is 18.8. The van der Waals surface area contributed by atoms with Gasteiger partial charge in [0.2, 0.25) is 0 Å². The van der Waals surface area contributed by atoms with Gasteiger partial charge in [0.15, 0.2) is 5.75 Å². The zero-order valence-corrected chi connectivity index (χ0v) is 20.1. The molecular formula is C27H25FN4O4. The van der Waals surface area contributed by atoms with Gasteiger partial charge in [0.25, 0.3) is 5.91 Å². The molecule has 0 saturated carbocycles. The molecule has 0 aliphatic carbocycles. The molecule has 1 N–H and O–H groups in total. The van der Waals surface area contributed by atoms with Crippen LogP contribution in [0.15, 0.2) is 66.7 Å². The van der Waals surface area contributed by atoms with Gasteiger partial charge >= 0.3 is 5.69 Å². The predicted octanol–water partition coefficient (Wildman–Crippen LogP) is 5.74. The van der Waals surface area contributed by atoms with Gasteiger partial charge in [-0.05, 0) is 67.8 Å². The van der Waals surface area contributed by atoms with Gasteiger partial charge in [-0.25, -0.2) is 4.39 Å². The van der Waals surface area contributed by atoms with Crippen LogP contribution in [-0.2, 0) is 13.2 Å². The van der Waals surface area contributed by atoms with E-state index < -0.39 is 4.92 Å². The van der Waals surface area contributed by atoms with Crippen LogP contribution in [0.25, 0.3) is 0 Å². The Kier molecular flexibility index (Phi) is 7.10. The Morgan fingerprint density at radius 2 is 1.81 bits per heavy atom. The van der Waals surface area contributed by atoms with Crippen molar-refractivity contribution in [2.45, 2.75) is 33.9 Å². The molecule has 0 aliphatic rings. The average Bonchev–Trinajstić information content (AvgIpc) is 3.12. The van der Waals surface area contributed by atoms with Crippen LogP contribution in [0.5, 0.6) is 5.75 Å². The minimum absolute atomic E-state index is 0.0681. The summed E-state index contributed by atoms with van der Waals surface area (Å²) in [6.07, 6.45) is 0. The molecule has 1 aromatic heterocycles. The third-order valence-corrected chi connectivity index (χ3v) is 5.76. The first kappa shape index (κ1) is 24.6. The number of nitrogens with zero attached hydrogens (tertiary/aromatic N) is 3. The van der Waals surface area contributed by atoms with Crippen molar-refractivity contribution in [1.29, 1.82) is 0 Å². The van der Waals surface area contributed by atoms with Crippen molar-refractivity contribution in [3.8, 4) is 5.75 Å². The Morgan fingerprint density at radius 1 is 1.06 bits per heavy atom. The summed E-state index contributed by atoms with van der Waals surface area (Å²) in [6, 6.07) is 17.8. The lowest BCUT2D eigenvalue weighted by Gasteiger charge is -2.10. The molecule has 4 rings (SSSR count). The highest BCUT2D eigenvalue weighted by Gasteiger charge is 2.17. The first-order valence-electron chi connectivity index (χ1n) is 11.3. The highest BCUT2D eigenvalue weighted by Crippen LogP contribution is 2.28. The summed E-state index contributed by atoms with van der Waals surface area (Å²) in [4.78, 5) is 23.9. The molecule has 0 aliphatic heterocycles. The molecule has 1 heterocycles. The normalized spacial score (nSPS) is 10.8. The van der Waals surface area contributed by atoms with Crippen molar-refractivity contribution >= 4 is 17.3 Å². The molecule has 184 valence electrons. The van der Waals surface area contributed by atoms with Gasteiger partial charge in [-0.15, -0.1) is 0 Å². The zero-order chi connectivity index (χ0) is 25.8. The lowest BCUT2D eigenvalue weighted by Crippen LogP contribution is -2.14. The molecule has 1 amide bonds. The fraction of sp³-hybridized carbons (Fsp3) is 0.185. The van der Waals surface area contributed by atoms with Gasteiger partial charge in [0.1, 0.15) is 12.4 Å². The van der Waals surface area contributed by atoms with Crippen molar-refractivity contribution in [2.24, 2.45) is 0 Å². The Labute approximate surface area is 207 Å². The Hall–Kier alpha value is -4.53. The number of nitro benzene ring substituents is 1. The lowest BCUT2D eigenvalue weighted by molar-refractivity contribution is -0.386. The number of rotatable bonds is 8. The summed E-state index contributed by atoms with van der Waals surface area (Å²) in [5.74, 6) is -0.448. The third kappa shape index (κ3) is 5.57. The third-order valence-electron chi connectivity index (χ3n) is 5.76. The average molecular weight is 489 g/mol. The first-order chi connectivity index (χ1) is 17.2. The number of ether oxygens (including phenoxy) is 1. The number of carbonyl (C=O) groups is 1. The molecule has 36 heavy (non-hydrogen) atoms. The molecule has 4 aromatic rings. The van der Waals surface area contributed by atoms with Crippen LogP contribution >= 0.6 is 0 Å². The van der Waals surface area contributed by atoms with E-state index in [1.54, 1.807) is 60.1 Å². The summed E-state index contributed by atoms with van der Waals surface area (Å²) in [6.45, 7) is 5.95. The monoisotopic (exact) mass is 488 g/mol. The van der Waals surface area contributed by atoms with Crippen LogP contribution in [0.4, 0.5) is 15.8 Å². The SMILES string of the molecule is Cc1ccc(OCc2cccc(C(=O)Nc3c(C)nn(Cc4ccc(F)cc4)c3C)c2)c([N+](=O)[O-])c1. The van der Waals surface area contributed by atoms with E-state index in [4.69, 9.17) is 4.74 Å². The largest absolute Gasteiger partial charge is 0.482 e. The van der Waals surface area contributed by atoms with Crippen molar-refractivity contribution in [2.75, 3.05) is 5.32 Å². The van der Waals surface area contributed by atoms with Gasteiger partial charge in [-0.1, -0.05) is 30.3 Å². The standard InChI is InChI=1S/C27H25FN4O4/c1-17-7-12-25(24(13-17)32(34)35)36-16-21-5-4-6-22(14-21)27(33)29-26-18(2)30-31(19(26)3)15-20-8-10-23(28)11-9-20/h4-14H,15-16H2,1-3H3,(H,29,33). The van der Waals surface area contributed by atoms with Crippen molar-refractivity contribution in [1.82, 2.24) is 9.78 Å². The Bertz CT molecular complexity index is 1430. The predicted molar refractivity (Wildman–Crippen MR) is 134 cm³/mol. The molecule has 0 fully saturated rings. The number of anilines is 1. The summed E-state index contributed by atoms with van der Waals surface area (Å²) < 4.78 is 20.6. The van der Waals surface area contributed by atoms with Crippen LogP contribution in [-0.4, -0.2) is 20.6 Å². The number of halogens is 1. The van der Waals surface area contributed by atoms with Gasteiger partial charge in [-0.3, -0.25) is 19.6 Å². The topological polar surface area (TPSA) is 99.3 Å². The molecule has 0 atom stereocenters.